The zero-order chi connectivity index (χ0) is 23.8. The Morgan fingerprint density at radius 2 is 1.45 bits per heavy atom. The smallest absolute Gasteiger partial charge is 0.203 e. The van der Waals surface area contributed by atoms with Crippen molar-refractivity contribution >= 4 is 11.6 Å². The summed E-state index contributed by atoms with van der Waals surface area (Å²) in [6, 6.07) is 14.4. The molecular formula is C25H28N2O6. The van der Waals surface area contributed by atoms with Crippen molar-refractivity contribution in [1.29, 1.82) is 0 Å². The highest BCUT2D eigenvalue weighted by molar-refractivity contribution is 5.99. The molecule has 33 heavy (non-hydrogen) atoms. The molecule has 0 atom stereocenters. The fraction of sp³-hybridized carbons (Fsp3) is 0.280. The van der Waals surface area contributed by atoms with Crippen molar-refractivity contribution in [2.75, 3.05) is 47.0 Å². The number of hydrogen-bond acceptors (Lipinski definition) is 8. The minimum absolute atomic E-state index is 0.0888. The molecular weight excluding hydrogens is 424 g/mol. The Balaban J connectivity index is 1.93. The monoisotopic (exact) mass is 452 g/mol. The number of carbonyl (C=O) groups excluding carboxylic acids is 1. The molecule has 1 heterocycles. The fourth-order valence-electron chi connectivity index (χ4n) is 3.48. The van der Waals surface area contributed by atoms with Crippen LogP contribution in [0.15, 0.2) is 54.7 Å². The summed E-state index contributed by atoms with van der Waals surface area (Å²) in [4.78, 5) is 19.5. The van der Waals surface area contributed by atoms with Gasteiger partial charge >= 0.3 is 0 Å². The van der Waals surface area contributed by atoms with Crippen LogP contribution in [0, 0.1) is 0 Å². The summed E-state index contributed by atoms with van der Waals surface area (Å²) < 4.78 is 27.0. The Labute approximate surface area is 193 Å². The zero-order valence-corrected chi connectivity index (χ0v) is 19.5. The number of carbonyl (C=O) groups is 1. The maximum Gasteiger partial charge on any atom is 0.203 e. The van der Waals surface area contributed by atoms with Crippen molar-refractivity contribution in [2.24, 2.45) is 0 Å². The first-order valence-electron chi connectivity index (χ1n) is 10.2. The molecule has 0 amide bonds. The Bertz CT molecular complexity index is 1060. The second kappa shape index (κ2) is 11.1. The normalized spacial score (nSPS) is 10.3. The van der Waals surface area contributed by atoms with Crippen molar-refractivity contribution in [3.05, 3.63) is 65.9 Å². The number of hydrogen-bond donors (Lipinski definition) is 0. The highest BCUT2D eigenvalue weighted by atomic mass is 16.5. The van der Waals surface area contributed by atoms with Crippen molar-refractivity contribution < 1.29 is 28.5 Å². The van der Waals surface area contributed by atoms with Gasteiger partial charge in [-0.1, -0.05) is 6.07 Å². The largest absolute Gasteiger partial charge is 0.493 e. The van der Waals surface area contributed by atoms with E-state index in [4.69, 9.17) is 23.7 Å². The van der Waals surface area contributed by atoms with E-state index in [0.717, 1.165) is 5.56 Å². The highest BCUT2D eigenvalue weighted by Crippen LogP contribution is 2.38. The molecule has 0 bridgehead atoms. The molecule has 174 valence electrons. The second-order valence-electron chi connectivity index (χ2n) is 7.07. The minimum atomic E-state index is -0.0888. The summed E-state index contributed by atoms with van der Waals surface area (Å²) in [7, 11) is 7.79. The molecule has 8 heteroatoms. The van der Waals surface area contributed by atoms with Crippen molar-refractivity contribution in [2.45, 2.75) is 6.54 Å². The third-order valence-corrected chi connectivity index (χ3v) is 5.11. The van der Waals surface area contributed by atoms with Gasteiger partial charge in [0.05, 0.1) is 42.1 Å². The molecule has 0 radical (unpaired) electrons. The minimum Gasteiger partial charge on any atom is -0.493 e. The molecule has 8 nitrogen and oxygen atoms in total. The standard InChI is InChI=1S/C25H28N2O6/c1-29-20-10-9-18(14-21(20)30-2)19(28)16-27(24-8-6-7-11-26-24)15-17-12-22(31-3)25(33-5)23(13-17)32-4/h6-14H,15-16H2,1-5H3. The number of aromatic nitrogens is 1. The van der Waals surface area contributed by atoms with Gasteiger partial charge in [0.15, 0.2) is 28.8 Å². The number of ether oxygens (including phenoxy) is 5. The van der Waals surface area contributed by atoms with Gasteiger partial charge in [0.1, 0.15) is 5.82 Å². The van der Waals surface area contributed by atoms with Crippen LogP contribution < -0.4 is 28.6 Å². The first kappa shape index (κ1) is 23.7. The fourth-order valence-corrected chi connectivity index (χ4v) is 3.48. The molecule has 0 aliphatic carbocycles. The summed E-state index contributed by atoms with van der Waals surface area (Å²) in [5, 5.41) is 0. The number of rotatable bonds is 11. The Kier molecular flexibility index (Phi) is 7.96. The zero-order valence-electron chi connectivity index (χ0n) is 19.5. The maximum atomic E-state index is 13.2. The van der Waals surface area contributed by atoms with Gasteiger partial charge in [-0.25, -0.2) is 4.98 Å². The number of anilines is 1. The molecule has 2 aromatic carbocycles. The van der Waals surface area contributed by atoms with Gasteiger partial charge in [0.25, 0.3) is 0 Å². The van der Waals surface area contributed by atoms with Gasteiger partial charge in [-0.3, -0.25) is 4.79 Å². The van der Waals surface area contributed by atoms with E-state index >= 15 is 0 Å². The van der Waals surface area contributed by atoms with Gasteiger partial charge in [-0.2, -0.15) is 0 Å². The Morgan fingerprint density at radius 3 is 2.00 bits per heavy atom. The van der Waals surface area contributed by atoms with E-state index in [1.165, 1.54) is 7.11 Å². The summed E-state index contributed by atoms with van der Waals surface area (Å²) >= 11 is 0. The van der Waals surface area contributed by atoms with Gasteiger partial charge in [0.2, 0.25) is 5.75 Å². The predicted molar refractivity (Wildman–Crippen MR) is 125 cm³/mol. The molecule has 1 aromatic heterocycles. The molecule has 3 aromatic rings. The lowest BCUT2D eigenvalue weighted by Crippen LogP contribution is -2.30. The van der Waals surface area contributed by atoms with Crippen LogP contribution in [0.4, 0.5) is 5.82 Å². The molecule has 0 spiro atoms. The van der Waals surface area contributed by atoms with Gasteiger partial charge in [-0.05, 0) is 48.0 Å². The average molecular weight is 453 g/mol. The van der Waals surface area contributed by atoms with Crippen LogP contribution in [0.25, 0.3) is 0 Å². The predicted octanol–water partition coefficient (Wildman–Crippen LogP) is 4.01. The lowest BCUT2D eigenvalue weighted by atomic mass is 10.1. The van der Waals surface area contributed by atoms with E-state index in [2.05, 4.69) is 4.98 Å². The molecule has 0 N–H and O–H groups in total. The van der Waals surface area contributed by atoms with Crippen LogP contribution in [-0.2, 0) is 6.54 Å². The number of methoxy groups -OCH3 is 5. The quantitative estimate of drug-likeness (QED) is 0.404. The molecule has 0 fully saturated rings. The van der Waals surface area contributed by atoms with Crippen molar-refractivity contribution in [3.8, 4) is 28.7 Å². The van der Waals surface area contributed by atoms with Crippen LogP contribution in [0.5, 0.6) is 28.7 Å². The second-order valence-corrected chi connectivity index (χ2v) is 7.07. The molecule has 0 aliphatic heterocycles. The van der Waals surface area contributed by atoms with E-state index in [1.54, 1.807) is 52.8 Å². The first-order chi connectivity index (χ1) is 16.0. The van der Waals surface area contributed by atoms with E-state index in [9.17, 15) is 4.79 Å². The third kappa shape index (κ3) is 5.46. The van der Waals surface area contributed by atoms with Crippen molar-refractivity contribution in [1.82, 2.24) is 4.98 Å². The number of benzene rings is 2. The number of pyridine rings is 1. The van der Waals surface area contributed by atoms with E-state index in [1.807, 2.05) is 35.2 Å². The molecule has 0 saturated heterocycles. The lowest BCUT2D eigenvalue weighted by molar-refractivity contribution is 0.0998. The van der Waals surface area contributed by atoms with Gasteiger partial charge in [0, 0.05) is 18.3 Å². The van der Waals surface area contributed by atoms with Crippen LogP contribution in [0.1, 0.15) is 15.9 Å². The Hall–Kier alpha value is -3.94. The first-order valence-corrected chi connectivity index (χ1v) is 10.2. The maximum absolute atomic E-state index is 13.2. The third-order valence-electron chi connectivity index (χ3n) is 5.11. The summed E-state index contributed by atoms with van der Waals surface area (Å²) in [5.74, 6) is 3.23. The summed E-state index contributed by atoms with van der Waals surface area (Å²) in [6.07, 6.45) is 1.69. The summed E-state index contributed by atoms with van der Waals surface area (Å²) in [6.45, 7) is 0.496. The topological polar surface area (TPSA) is 79.4 Å². The van der Waals surface area contributed by atoms with Crippen LogP contribution in [-0.4, -0.2) is 52.9 Å². The lowest BCUT2D eigenvalue weighted by Gasteiger charge is -2.24. The van der Waals surface area contributed by atoms with E-state index < -0.39 is 0 Å². The highest BCUT2D eigenvalue weighted by Gasteiger charge is 2.19. The average Bonchev–Trinajstić information content (AvgIpc) is 2.87. The molecule has 3 rings (SSSR count). The van der Waals surface area contributed by atoms with Crippen LogP contribution in [0.3, 0.4) is 0 Å². The van der Waals surface area contributed by atoms with Crippen LogP contribution >= 0.6 is 0 Å². The number of Topliss-reactive ketones (excluding diaryl/α,β-unsaturated/α-hetero) is 1. The number of ketones is 1. The van der Waals surface area contributed by atoms with Gasteiger partial charge < -0.3 is 28.6 Å². The van der Waals surface area contributed by atoms with E-state index in [-0.39, 0.29) is 12.3 Å². The molecule has 0 saturated carbocycles. The van der Waals surface area contributed by atoms with Crippen LogP contribution in [0.2, 0.25) is 0 Å². The molecule has 0 aliphatic rings. The summed E-state index contributed by atoms with van der Waals surface area (Å²) in [5.41, 5.74) is 1.38. The van der Waals surface area contributed by atoms with Gasteiger partial charge in [-0.15, -0.1) is 0 Å². The number of nitrogens with zero attached hydrogens (tertiary/aromatic N) is 2. The van der Waals surface area contributed by atoms with Crippen molar-refractivity contribution in [3.63, 3.8) is 0 Å². The SMILES string of the molecule is COc1ccc(C(=O)CN(Cc2cc(OC)c(OC)c(OC)c2)c2ccccn2)cc1OC. The Morgan fingerprint density at radius 1 is 0.788 bits per heavy atom. The van der Waals surface area contributed by atoms with E-state index in [0.29, 0.717) is 46.7 Å². The molecule has 0 unspecified atom stereocenters.